The Labute approximate surface area is 133 Å². The van der Waals surface area contributed by atoms with Crippen LogP contribution in [-0.4, -0.2) is 50.6 Å². The molecule has 2 aromatic rings. The van der Waals surface area contributed by atoms with Gasteiger partial charge in [-0.25, -0.2) is 0 Å². The van der Waals surface area contributed by atoms with Gasteiger partial charge in [0.1, 0.15) is 5.69 Å². The molecule has 0 radical (unpaired) electrons. The standard InChI is InChI=1S/C15H18N4O4/c1-10(15(21)22)9-19(2)13(20)7-6-12-17-14(18-23-12)11-5-3-4-8-16-11/h3-5,8,10H,6-7,9H2,1-2H3,(H,21,22). The first-order valence-corrected chi connectivity index (χ1v) is 7.18. The van der Waals surface area contributed by atoms with Gasteiger partial charge in [0, 0.05) is 32.6 Å². The molecule has 0 bridgehead atoms. The number of hydrogen-bond donors (Lipinski definition) is 1. The van der Waals surface area contributed by atoms with Gasteiger partial charge in [0.2, 0.25) is 17.6 Å². The summed E-state index contributed by atoms with van der Waals surface area (Å²) in [6, 6.07) is 5.37. The van der Waals surface area contributed by atoms with Crippen LogP contribution in [0.15, 0.2) is 28.9 Å². The second-order valence-corrected chi connectivity index (χ2v) is 5.24. The molecule has 2 heterocycles. The minimum Gasteiger partial charge on any atom is -0.481 e. The Kier molecular flexibility index (Phi) is 5.40. The van der Waals surface area contributed by atoms with E-state index in [9.17, 15) is 9.59 Å². The van der Waals surface area contributed by atoms with Crippen molar-refractivity contribution in [2.75, 3.05) is 13.6 Å². The molecule has 8 nitrogen and oxygen atoms in total. The lowest BCUT2D eigenvalue weighted by atomic mass is 10.1. The molecule has 23 heavy (non-hydrogen) atoms. The van der Waals surface area contributed by atoms with E-state index in [2.05, 4.69) is 15.1 Å². The van der Waals surface area contributed by atoms with Gasteiger partial charge < -0.3 is 14.5 Å². The van der Waals surface area contributed by atoms with Gasteiger partial charge in [-0.2, -0.15) is 4.98 Å². The fourth-order valence-electron chi connectivity index (χ4n) is 1.95. The number of rotatable bonds is 7. The van der Waals surface area contributed by atoms with Crippen molar-refractivity contribution in [1.29, 1.82) is 0 Å². The zero-order chi connectivity index (χ0) is 16.8. The van der Waals surface area contributed by atoms with Crippen LogP contribution in [-0.2, 0) is 16.0 Å². The summed E-state index contributed by atoms with van der Waals surface area (Å²) in [5.41, 5.74) is 0.598. The van der Waals surface area contributed by atoms with Gasteiger partial charge in [-0.05, 0) is 12.1 Å². The predicted molar refractivity (Wildman–Crippen MR) is 80.3 cm³/mol. The number of aliphatic carboxylic acids is 1. The number of amides is 1. The highest BCUT2D eigenvalue weighted by atomic mass is 16.5. The van der Waals surface area contributed by atoms with Crippen LogP contribution in [0.4, 0.5) is 0 Å². The summed E-state index contributed by atoms with van der Waals surface area (Å²) < 4.78 is 5.10. The summed E-state index contributed by atoms with van der Waals surface area (Å²) in [6.45, 7) is 1.72. The molecule has 1 amide bonds. The third kappa shape index (κ3) is 4.60. The summed E-state index contributed by atoms with van der Waals surface area (Å²) in [6.07, 6.45) is 2.10. The molecule has 0 aromatic carbocycles. The number of aryl methyl sites for hydroxylation is 1. The van der Waals surface area contributed by atoms with Crippen molar-refractivity contribution in [1.82, 2.24) is 20.0 Å². The van der Waals surface area contributed by atoms with Crippen molar-refractivity contribution in [2.24, 2.45) is 5.92 Å². The predicted octanol–water partition coefficient (Wildman–Crippen LogP) is 1.24. The van der Waals surface area contributed by atoms with Crippen molar-refractivity contribution in [3.05, 3.63) is 30.3 Å². The molecule has 2 aromatic heterocycles. The zero-order valence-corrected chi connectivity index (χ0v) is 13.0. The second-order valence-electron chi connectivity index (χ2n) is 5.24. The second kappa shape index (κ2) is 7.48. The van der Waals surface area contributed by atoms with Crippen molar-refractivity contribution in [3.8, 4) is 11.5 Å². The van der Waals surface area contributed by atoms with Gasteiger partial charge in [-0.1, -0.05) is 18.1 Å². The first kappa shape index (κ1) is 16.6. The first-order chi connectivity index (χ1) is 11.0. The van der Waals surface area contributed by atoms with E-state index in [0.717, 1.165) is 0 Å². The molecule has 1 unspecified atom stereocenters. The van der Waals surface area contributed by atoms with Crippen LogP contribution in [0.1, 0.15) is 19.2 Å². The summed E-state index contributed by atoms with van der Waals surface area (Å²) in [5, 5.41) is 12.7. The summed E-state index contributed by atoms with van der Waals surface area (Å²) in [4.78, 5) is 32.5. The van der Waals surface area contributed by atoms with Crippen molar-refractivity contribution in [3.63, 3.8) is 0 Å². The number of aromatic nitrogens is 3. The average Bonchev–Trinajstić information content (AvgIpc) is 3.02. The zero-order valence-electron chi connectivity index (χ0n) is 13.0. The minimum absolute atomic E-state index is 0.164. The molecule has 0 aliphatic rings. The first-order valence-electron chi connectivity index (χ1n) is 7.18. The third-order valence-electron chi connectivity index (χ3n) is 3.31. The lowest BCUT2D eigenvalue weighted by molar-refractivity contribution is -0.142. The Morgan fingerprint density at radius 2 is 2.17 bits per heavy atom. The average molecular weight is 318 g/mol. The summed E-state index contributed by atoms with van der Waals surface area (Å²) in [7, 11) is 1.58. The van der Waals surface area contributed by atoms with E-state index in [4.69, 9.17) is 9.63 Å². The number of pyridine rings is 1. The van der Waals surface area contributed by atoms with E-state index in [-0.39, 0.29) is 18.9 Å². The van der Waals surface area contributed by atoms with E-state index in [1.54, 1.807) is 32.3 Å². The van der Waals surface area contributed by atoms with Gasteiger partial charge in [-0.3, -0.25) is 14.6 Å². The van der Waals surface area contributed by atoms with Gasteiger partial charge >= 0.3 is 5.97 Å². The number of nitrogens with zero attached hydrogens (tertiary/aromatic N) is 4. The van der Waals surface area contributed by atoms with Crippen molar-refractivity contribution < 1.29 is 19.2 Å². The molecule has 2 rings (SSSR count). The Hall–Kier alpha value is -2.77. The molecular formula is C15H18N4O4. The Balaban J connectivity index is 1.87. The van der Waals surface area contributed by atoms with Crippen molar-refractivity contribution >= 4 is 11.9 Å². The minimum atomic E-state index is -0.929. The highest BCUT2D eigenvalue weighted by Crippen LogP contribution is 2.13. The van der Waals surface area contributed by atoms with Crippen LogP contribution < -0.4 is 0 Å². The maximum Gasteiger partial charge on any atom is 0.308 e. The summed E-state index contributed by atoms with van der Waals surface area (Å²) >= 11 is 0. The molecular weight excluding hydrogens is 300 g/mol. The lowest BCUT2D eigenvalue weighted by Gasteiger charge is -2.18. The van der Waals surface area contributed by atoms with Crippen LogP contribution >= 0.6 is 0 Å². The fourth-order valence-corrected chi connectivity index (χ4v) is 1.95. The molecule has 0 spiro atoms. The quantitative estimate of drug-likeness (QED) is 0.818. The highest BCUT2D eigenvalue weighted by Gasteiger charge is 2.18. The molecule has 0 fully saturated rings. The smallest absolute Gasteiger partial charge is 0.308 e. The summed E-state index contributed by atoms with van der Waals surface area (Å²) in [5.74, 6) is -0.986. The number of carboxylic acids is 1. The van der Waals surface area contributed by atoms with Crippen LogP contribution in [0.25, 0.3) is 11.5 Å². The van der Waals surface area contributed by atoms with E-state index in [1.165, 1.54) is 4.90 Å². The van der Waals surface area contributed by atoms with E-state index in [1.807, 2.05) is 6.07 Å². The van der Waals surface area contributed by atoms with Gasteiger partial charge in [0.25, 0.3) is 0 Å². The van der Waals surface area contributed by atoms with Crippen LogP contribution in [0, 0.1) is 5.92 Å². The normalized spacial score (nSPS) is 11.9. The lowest BCUT2D eigenvalue weighted by Crippen LogP contribution is -2.33. The fraction of sp³-hybridized carbons (Fsp3) is 0.400. The molecule has 0 aliphatic heterocycles. The van der Waals surface area contributed by atoms with E-state index >= 15 is 0 Å². The van der Waals surface area contributed by atoms with Gasteiger partial charge in [0.05, 0.1) is 5.92 Å². The maximum absolute atomic E-state index is 12.0. The molecule has 1 N–H and O–H groups in total. The molecule has 8 heteroatoms. The molecule has 0 saturated heterocycles. The van der Waals surface area contributed by atoms with E-state index in [0.29, 0.717) is 23.8 Å². The largest absolute Gasteiger partial charge is 0.481 e. The SMILES string of the molecule is CC(CN(C)C(=O)CCc1nc(-c2ccccn2)no1)C(=O)O. The Morgan fingerprint density at radius 3 is 2.83 bits per heavy atom. The van der Waals surface area contributed by atoms with Crippen LogP contribution in [0.2, 0.25) is 0 Å². The van der Waals surface area contributed by atoms with Gasteiger partial charge in [0.15, 0.2) is 0 Å². The topological polar surface area (TPSA) is 109 Å². The van der Waals surface area contributed by atoms with Crippen LogP contribution in [0.5, 0.6) is 0 Å². The Morgan fingerprint density at radius 1 is 1.39 bits per heavy atom. The molecule has 1 atom stereocenters. The Bertz CT molecular complexity index is 671. The maximum atomic E-state index is 12.0. The number of hydrogen-bond acceptors (Lipinski definition) is 6. The number of carboxylic acid groups (broad SMARTS) is 1. The van der Waals surface area contributed by atoms with Gasteiger partial charge in [-0.15, -0.1) is 0 Å². The third-order valence-corrected chi connectivity index (χ3v) is 3.31. The monoisotopic (exact) mass is 318 g/mol. The number of carbonyl (C=O) groups excluding carboxylic acids is 1. The molecule has 122 valence electrons. The molecule has 0 saturated carbocycles. The van der Waals surface area contributed by atoms with E-state index < -0.39 is 11.9 Å². The molecule has 0 aliphatic carbocycles. The van der Waals surface area contributed by atoms with Crippen LogP contribution in [0.3, 0.4) is 0 Å². The number of carbonyl (C=O) groups is 2. The van der Waals surface area contributed by atoms with Crippen molar-refractivity contribution in [2.45, 2.75) is 19.8 Å². The highest BCUT2D eigenvalue weighted by molar-refractivity contribution is 5.77.